The minimum atomic E-state index is -3.23. The van der Waals surface area contributed by atoms with Crippen molar-refractivity contribution in [1.29, 1.82) is 0 Å². The zero-order chi connectivity index (χ0) is 21.7. The van der Waals surface area contributed by atoms with Crippen molar-refractivity contribution in [1.82, 2.24) is 4.90 Å². The van der Waals surface area contributed by atoms with Crippen LogP contribution in [-0.2, 0) is 30.6 Å². The van der Waals surface area contributed by atoms with Gasteiger partial charge in [0.15, 0.2) is 9.84 Å². The van der Waals surface area contributed by atoms with Crippen molar-refractivity contribution in [2.24, 2.45) is 5.92 Å². The SMILES string of the molecule is CCS(=O)(=O)c1ccc(CCC(=O)N2C[C@H](C(=O)OC)[C@@H](c3ccccc3)C2)cc1. The predicted octanol–water partition coefficient (Wildman–Crippen LogP) is 2.83. The van der Waals surface area contributed by atoms with Crippen molar-refractivity contribution < 1.29 is 22.7 Å². The van der Waals surface area contributed by atoms with Crippen molar-refractivity contribution in [3.63, 3.8) is 0 Å². The molecule has 1 amide bonds. The number of sulfone groups is 1. The summed E-state index contributed by atoms with van der Waals surface area (Å²) in [6.07, 6.45) is 0.815. The molecule has 0 bridgehead atoms. The molecule has 30 heavy (non-hydrogen) atoms. The molecule has 0 aromatic heterocycles. The number of carbonyl (C=O) groups excluding carboxylic acids is 2. The Morgan fingerprint density at radius 3 is 2.30 bits per heavy atom. The molecule has 0 aliphatic carbocycles. The lowest BCUT2D eigenvalue weighted by Gasteiger charge is -2.16. The first-order valence-electron chi connectivity index (χ1n) is 10.1. The van der Waals surface area contributed by atoms with Gasteiger partial charge in [0.2, 0.25) is 5.91 Å². The van der Waals surface area contributed by atoms with Gasteiger partial charge >= 0.3 is 5.97 Å². The number of ether oxygens (including phenoxy) is 1. The number of carbonyl (C=O) groups is 2. The molecule has 2 aromatic carbocycles. The largest absolute Gasteiger partial charge is 0.469 e. The molecule has 3 rings (SSSR count). The second kappa shape index (κ2) is 9.43. The fourth-order valence-corrected chi connectivity index (χ4v) is 4.76. The van der Waals surface area contributed by atoms with Crippen LogP contribution in [0.15, 0.2) is 59.5 Å². The summed E-state index contributed by atoms with van der Waals surface area (Å²) in [7, 11) is -1.86. The summed E-state index contributed by atoms with van der Waals surface area (Å²) in [5.74, 6) is -0.718. The topological polar surface area (TPSA) is 80.8 Å². The van der Waals surface area contributed by atoms with Gasteiger partial charge < -0.3 is 9.64 Å². The number of aryl methyl sites for hydroxylation is 1. The highest BCUT2D eigenvalue weighted by Gasteiger charge is 2.40. The van der Waals surface area contributed by atoms with Crippen LogP contribution in [0.5, 0.6) is 0 Å². The van der Waals surface area contributed by atoms with E-state index in [0.29, 0.717) is 30.8 Å². The molecule has 1 fully saturated rings. The molecule has 1 aliphatic rings. The zero-order valence-corrected chi connectivity index (χ0v) is 18.1. The van der Waals surface area contributed by atoms with Crippen LogP contribution >= 0.6 is 0 Å². The highest BCUT2D eigenvalue weighted by Crippen LogP contribution is 2.34. The van der Waals surface area contributed by atoms with Crippen LogP contribution in [0, 0.1) is 5.92 Å². The second-order valence-electron chi connectivity index (χ2n) is 7.49. The number of likely N-dealkylation sites (tertiary alicyclic amines) is 1. The summed E-state index contributed by atoms with van der Waals surface area (Å²) in [4.78, 5) is 27.1. The molecule has 7 heteroatoms. The van der Waals surface area contributed by atoms with Crippen LogP contribution in [0.2, 0.25) is 0 Å². The first-order valence-corrected chi connectivity index (χ1v) is 11.7. The molecule has 1 heterocycles. The third kappa shape index (κ3) is 4.90. The Labute approximate surface area is 177 Å². The van der Waals surface area contributed by atoms with E-state index >= 15 is 0 Å². The van der Waals surface area contributed by atoms with Crippen molar-refractivity contribution in [3.05, 3.63) is 65.7 Å². The lowest BCUT2D eigenvalue weighted by Crippen LogP contribution is -2.30. The Morgan fingerprint density at radius 2 is 1.70 bits per heavy atom. The van der Waals surface area contributed by atoms with E-state index in [9.17, 15) is 18.0 Å². The maximum Gasteiger partial charge on any atom is 0.311 e. The summed E-state index contributed by atoms with van der Waals surface area (Å²) in [6, 6.07) is 16.4. The number of hydrogen-bond acceptors (Lipinski definition) is 5. The van der Waals surface area contributed by atoms with Crippen LogP contribution in [-0.4, -0.2) is 51.1 Å². The van der Waals surface area contributed by atoms with Gasteiger partial charge in [0.05, 0.1) is 23.7 Å². The van der Waals surface area contributed by atoms with Gasteiger partial charge in [-0.1, -0.05) is 49.4 Å². The standard InChI is InChI=1S/C23H27NO5S/c1-3-30(27,28)19-12-9-17(10-13-19)11-14-22(25)24-15-20(18-7-5-4-6-8-18)21(16-24)23(26)29-2/h4-10,12-13,20-21H,3,11,14-16H2,1-2H3/t20-,21+/m1/s1. The maximum absolute atomic E-state index is 12.8. The van der Waals surface area contributed by atoms with Crippen molar-refractivity contribution in [2.75, 3.05) is 26.0 Å². The Morgan fingerprint density at radius 1 is 1.03 bits per heavy atom. The lowest BCUT2D eigenvalue weighted by atomic mass is 9.89. The highest BCUT2D eigenvalue weighted by atomic mass is 32.2. The minimum absolute atomic E-state index is 0.0207. The number of methoxy groups -OCH3 is 1. The molecular formula is C23H27NO5S. The van der Waals surface area contributed by atoms with Gasteiger partial charge in [-0.15, -0.1) is 0 Å². The minimum Gasteiger partial charge on any atom is -0.469 e. The molecule has 0 N–H and O–H groups in total. The van der Waals surface area contributed by atoms with E-state index in [1.807, 2.05) is 30.3 Å². The average Bonchev–Trinajstić information content (AvgIpc) is 3.23. The third-order valence-electron chi connectivity index (χ3n) is 5.69. The van der Waals surface area contributed by atoms with E-state index in [2.05, 4.69) is 0 Å². The zero-order valence-electron chi connectivity index (χ0n) is 17.3. The Bertz CT molecular complexity index is 986. The molecular weight excluding hydrogens is 402 g/mol. The Kier molecular flexibility index (Phi) is 6.92. The van der Waals surface area contributed by atoms with Gasteiger partial charge in [0.25, 0.3) is 0 Å². The van der Waals surface area contributed by atoms with Crippen molar-refractivity contribution in [3.8, 4) is 0 Å². The summed E-state index contributed by atoms with van der Waals surface area (Å²) < 4.78 is 28.8. The summed E-state index contributed by atoms with van der Waals surface area (Å²) >= 11 is 0. The normalized spacial score (nSPS) is 18.9. The molecule has 6 nitrogen and oxygen atoms in total. The molecule has 160 valence electrons. The smallest absolute Gasteiger partial charge is 0.311 e. The first-order chi connectivity index (χ1) is 14.4. The van der Waals surface area contributed by atoms with E-state index in [-0.39, 0.29) is 29.5 Å². The number of benzene rings is 2. The van der Waals surface area contributed by atoms with E-state index < -0.39 is 9.84 Å². The number of hydrogen-bond donors (Lipinski definition) is 0. The van der Waals surface area contributed by atoms with Crippen LogP contribution in [0.4, 0.5) is 0 Å². The van der Waals surface area contributed by atoms with Gasteiger partial charge in [-0.05, 0) is 29.7 Å². The highest BCUT2D eigenvalue weighted by molar-refractivity contribution is 7.91. The maximum atomic E-state index is 12.8. The van der Waals surface area contributed by atoms with Crippen molar-refractivity contribution in [2.45, 2.75) is 30.6 Å². The fourth-order valence-electron chi connectivity index (χ4n) is 3.88. The Balaban J connectivity index is 1.65. The van der Waals surface area contributed by atoms with Gasteiger partial charge in [-0.25, -0.2) is 8.42 Å². The van der Waals surface area contributed by atoms with Gasteiger partial charge in [-0.3, -0.25) is 9.59 Å². The second-order valence-corrected chi connectivity index (χ2v) is 9.77. The third-order valence-corrected chi connectivity index (χ3v) is 7.44. The van der Waals surface area contributed by atoms with Crippen molar-refractivity contribution >= 4 is 21.7 Å². The first kappa shape index (κ1) is 22.0. The molecule has 2 aromatic rings. The number of esters is 1. The van der Waals surface area contributed by atoms with E-state index in [1.54, 1.807) is 36.1 Å². The monoisotopic (exact) mass is 429 g/mol. The van der Waals surface area contributed by atoms with E-state index in [0.717, 1.165) is 11.1 Å². The number of nitrogens with zero attached hydrogens (tertiary/aromatic N) is 1. The van der Waals surface area contributed by atoms with Crippen LogP contribution < -0.4 is 0 Å². The van der Waals surface area contributed by atoms with Gasteiger partial charge in [0, 0.05) is 25.4 Å². The molecule has 0 unspecified atom stereocenters. The quantitative estimate of drug-likeness (QED) is 0.632. The number of rotatable bonds is 7. The summed E-state index contributed by atoms with van der Waals surface area (Å²) in [5, 5.41) is 0. The molecule has 0 radical (unpaired) electrons. The molecule has 1 aliphatic heterocycles. The lowest BCUT2D eigenvalue weighted by molar-refractivity contribution is -0.145. The molecule has 0 spiro atoms. The van der Waals surface area contributed by atoms with Crippen LogP contribution in [0.3, 0.4) is 0 Å². The van der Waals surface area contributed by atoms with Gasteiger partial charge in [-0.2, -0.15) is 0 Å². The fraction of sp³-hybridized carbons (Fsp3) is 0.391. The molecule has 0 saturated carbocycles. The molecule has 2 atom stereocenters. The van der Waals surface area contributed by atoms with E-state index in [1.165, 1.54) is 7.11 Å². The van der Waals surface area contributed by atoms with Gasteiger partial charge in [0.1, 0.15) is 0 Å². The molecule has 1 saturated heterocycles. The predicted molar refractivity (Wildman–Crippen MR) is 114 cm³/mol. The average molecular weight is 430 g/mol. The Hall–Kier alpha value is -2.67. The summed E-state index contributed by atoms with van der Waals surface area (Å²) in [5.41, 5.74) is 1.93. The van der Waals surface area contributed by atoms with Crippen LogP contribution in [0.1, 0.15) is 30.4 Å². The summed E-state index contributed by atoms with van der Waals surface area (Å²) in [6.45, 7) is 2.44. The van der Waals surface area contributed by atoms with E-state index in [4.69, 9.17) is 4.74 Å². The van der Waals surface area contributed by atoms with Crippen LogP contribution in [0.25, 0.3) is 0 Å². The number of amides is 1.